The van der Waals surface area contributed by atoms with Gasteiger partial charge in [-0.2, -0.15) is 16.9 Å². The summed E-state index contributed by atoms with van der Waals surface area (Å²) in [6, 6.07) is 0.285. The van der Waals surface area contributed by atoms with Gasteiger partial charge in [-0.1, -0.05) is 6.92 Å². The van der Waals surface area contributed by atoms with E-state index in [-0.39, 0.29) is 30.0 Å². The predicted octanol–water partition coefficient (Wildman–Crippen LogP) is 0.806. The van der Waals surface area contributed by atoms with Crippen LogP contribution in [-0.4, -0.2) is 62.6 Å². The molecule has 1 saturated heterocycles. The van der Waals surface area contributed by atoms with Crippen molar-refractivity contribution in [1.29, 1.82) is 0 Å². The van der Waals surface area contributed by atoms with Crippen LogP contribution >= 0.6 is 35.7 Å². The number of hydrogen-bond donors (Lipinski definition) is 3. The average molecular weight is 466 g/mol. The number of aliphatic imine (C=N–C) groups is 1. The van der Waals surface area contributed by atoms with E-state index in [0.29, 0.717) is 6.54 Å². The van der Waals surface area contributed by atoms with Gasteiger partial charge in [-0.3, -0.25) is 4.99 Å². The largest absolute Gasteiger partial charge is 0.387 e. The Bertz CT molecular complexity index is 572. The van der Waals surface area contributed by atoms with Gasteiger partial charge < -0.3 is 15.7 Å². The molecule has 1 aromatic heterocycles. The van der Waals surface area contributed by atoms with Gasteiger partial charge in [0.05, 0.1) is 12.1 Å². The first-order valence-electron chi connectivity index (χ1n) is 8.32. The smallest absolute Gasteiger partial charge is 0.191 e. The molecule has 2 atom stereocenters. The van der Waals surface area contributed by atoms with E-state index in [2.05, 4.69) is 32.6 Å². The highest BCUT2D eigenvalue weighted by atomic mass is 127. The second kappa shape index (κ2) is 8.70. The maximum atomic E-state index is 10.4. The Kier molecular flexibility index (Phi) is 7.17. The number of rotatable bonds is 4. The average Bonchev–Trinajstić information content (AvgIpc) is 3.17. The molecule has 3 rings (SSSR count). The lowest BCUT2D eigenvalue weighted by Crippen LogP contribution is -2.51. The molecule has 0 amide bonds. The van der Waals surface area contributed by atoms with Crippen LogP contribution in [0.3, 0.4) is 0 Å². The van der Waals surface area contributed by atoms with Crippen molar-refractivity contribution >= 4 is 41.7 Å². The molecule has 0 radical (unpaired) electrons. The van der Waals surface area contributed by atoms with Crippen molar-refractivity contribution in [1.82, 2.24) is 25.4 Å². The van der Waals surface area contributed by atoms with Gasteiger partial charge in [0.15, 0.2) is 11.8 Å². The Morgan fingerprint density at radius 1 is 1.54 bits per heavy atom. The fraction of sp³-hybridized carbons (Fsp3) is 0.800. The summed E-state index contributed by atoms with van der Waals surface area (Å²) < 4.78 is 2.01. The second-order valence-corrected chi connectivity index (χ2v) is 7.42. The first kappa shape index (κ1) is 19.8. The molecular formula is C15H27IN6OS. The highest BCUT2D eigenvalue weighted by Gasteiger charge is 2.32. The maximum absolute atomic E-state index is 10.4. The number of hydrogen-bond acceptors (Lipinski definition) is 5. The molecule has 24 heavy (non-hydrogen) atoms. The molecule has 0 spiro atoms. The molecule has 7 nitrogen and oxygen atoms in total. The standard InChI is InChI=1S/C15H26N6OS.HI/c1-3-12-19-13-5-4-11(8-21(13)20-12)18-14(16-2)17-9-15(22)6-7-23-10-15;/h11,22H,3-10H2,1-2H3,(H2,16,17,18);1H. The molecule has 1 aromatic rings. The van der Waals surface area contributed by atoms with Crippen molar-refractivity contribution in [3.63, 3.8) is 0 Å². The molecule has 0 aliphatic carbocycles. The minimum absolute atomic E-state index is 0. The summed E-state index contributed by atoms with van der Waals surface area (Å²) in [6.45, 7) is 3.43. The fourth-order valence-electron chi connectivity index (χ4n) is 3.00. The minimum atomic E-state index is -0.607. The van der Waals surface area contributed by atoms with E-state index in [4.69, 9.17) is 0 Å². The number of nitrogens with zero attached hydrogens (tertiary/aromatic N) is 4. The van der Waals surface area contributed by atoms with E-state index >= 15 is 0 Å². The van der Waals surface area contributed by atoms with E-state index in [1.807, 2.05) is 4.68 Å². The molecule has 0 aromatic carbocycles. The van der Waals surface area contributed by atoms with E-state index < -0.39 is 5.60 Å². The zero-order chi connectivity index (χ0) is 16.3. The zero-order valence-corrected chi connectivity index (χ0v) is 17.4. The number of thioether (sulfide) groups is 1. The first-order chi connectivity index (χ1) is 11.1. The summed E-state index contributed by atoms with van der Waals surface area (Å²) >= 11 is 1.80. The summed E-state index contributed by atoms with van der Waals surface area (Å²) in [7, 11) is 1.77. The Morgan fingerprint density at radius 3 is 3.04 bits per heavy atom. The summed E-state index contributed by atoms with van der Waals surface area (Å²) in [5, 5.41) is 21.7. The van der Waals surface area contributed by atoms with Crippen LogP contribution in [0.2, 0.25) is 0 Å². The number of aryl methyl sites for hydroxylation is 2. The number of aliphatic hydroxyl groups is 1. The SMILES string of the molecule is CCc1nc2n(n1)CC(NC(=NC)NCC1(O)CCSC1)CC2.I. The van der Waals surface area contributed by atoms with Crippen LogP contribution in [-0.2, 0) is 19.4 Å². The molecule has 2 aliphatic rings. The fourth-order valence-corrected chi connectivity index (χ4v) is 4.30. The van der Waals surface area contributed by atoms with Crippen molar-refractivity contribution in [3.8, 4) is 0 Å². The van der Waals surface area contributed by atoms with Gasteiger partial charge in [0, 0.05) is 38.2 Å². The highest BCUT2D eigenvalue weighted by Crippen LogP contribution is 2.26. The van der Waals surface area contributed by atoms with Crippen molar-refractivity contribution in [2.75, 3.05) is 25.1 Å². The lowest BCUT2D eigenvalue weighted by atomic mass is 10.0. The molecule has 3 N–H and O–H groups in total. The number of guanidine groups is 1. The van der Waals surface area contributed by atoms with Crippen LogP contribution in [0.25, 0.3) is 0 Å². The third-order valence-corrected chi connectivity index (χ3v) is 5.68. The Morgan fingerprint density at radius 2 is 2.38 bits per heavy atom. The topological polar surface area (TPSA) is 87.4 Å². The number of fused-ring (bicyclic) bond motifs is 1. The predicted molar refractivity (Wildman–Crippen MR) is 108 cm³/mol. The summed E-state index contributed by atoms with van der Waals surface area (Å²) in [6.07, 6.45) is 3.66. The van der Waals surface area contributed by atoms with Gasteiger partial charge in [-0.15, -0.1) is 24.0 Å². The van der Waals surface area contributed by atoms with Gasteiger partial charge in [-0.05, 0) is 18.6 Å². The molecule has 2 aliphatic heterocycles. The van der Waals surface area contributed by atoms with Crippen LogP contribution in [0.5, 0.6) is 0 Å². The Labute approximate surface area is 164 Å². The van der Waals surface area contributed by atoms with Crippen LogP contribution < -0.4 is 10.6 Å². The molecule has 0 saturated carbocycles. The minimum Gasteiger partial charge on any atom is -0.387 e. The zero-order valence-electron chi connectivity index (χ0n) is 14.3. The monoisotopic (exact) mass is 466 g/mol. The molecule has 0 bridgehead atoms. The van der Waals surface area contributed by atoms with Crippen LogP contribution in [0.15, 0.2) is 4.99 Å². The quantitative estimate of drug-likeness (QED) is 0.346. The lowest BCUT2D eigenvalue weighted by Gasteiger charge is -2.27. The summed E-state index contributed by atoms with van der Waals surface area (Å²) in [5.74, 6) is 4.58. The van der Waals surface area contributed by atoms with Gasteiger partial charge in [0.2, 0.25) is 0 Å². The summed E-state index contributed by atoms with van der Waals surface area (Å²) in [5.41, 5.74) is -0.607. The van der Waals surface area contributed by atoms with Gasteiger partial charge in [0.1, 0.15) is 5.82 Å². The van der Waals surface area contributed by atoms with Crippen molar-refractivity contribution in [2.45, 2.75) is 50.8 Å². The second-order valence-electron chi connectivity index (χ2n) is 6.31. The molecule has 136 valence electrons. The van der Waals surface area contributed by atoms with Crippen LogP contribution in [0.4, 0.5) is 0 Å². The van der Waals surface area contributed by atoms with Gasteiger partial charge in [-0.25, -0.2) is 9.67 Å². The molecule has 3 heterocycles. The van der Waals surface area contributed by atoms with Crippen molar-refractivity contribution < 1.29 is 5.11 Å². The van der Waals surface area contributed by atoms with E-state index in [9.17, 15) is 5.11 Å². The normalized spacial score (nSPS) is 26.6. The number of halogens is 1. The first-order valence-corrected chi connectivity index (χ1v) is 9.47. The summed E-state index contributed by atoms with van der Waals surface area (Å²) in [4.78, 5) is 8.83. The Hall–Kier alpha value is -0.550. The number of aromatic nitrogens is 3. The third-order valence-electron chi connectivity index (χ3n) is 4.45. The third kappa shape index (κ3) is 4.75. The van der Waals surface area contributed by atoms with Crippen LogP contribution in [0, 0.1) is 0 Å². The van der Waals surface area contributed by atoms with Crippen molar-refractivity contribution in [2.24, 2.45) is 4.99 Å². The van der Waals surface area contributed by atoms with Gasteiger partial charge in [0.25, 0.3) is 0 Å². The van der Waals surface area contributed by atoms with E-state index in [1.54, 1.807) is 18.8 Å². The van der Waals surface area contributed by atoms with Gasteiger partial charge >= 0.3 is 0 Å². The molecule has 9 heteroatoms. The van der Waals surface area contributed by atoms with Crippen molar-refractivity contribution in [3.05, 3.63) is 11.6 Å². The molecular weight excluding hydrogens is 439 g/mol. The number of nitrogens with one attached hydrogen (secondary N) is 2. The van der Waals surface area contributed by atoms with Crippen LogP contribution in [0.1, 0.15) is 31.4 Å². The molecule has 2 unspecified atom stereocenters. The highest BCUT2D eigenvalue weighted by molar-refractivity contribution is 14.0. The lowest BCUT2D eigenvalue weighted by molar-refractivity contribution is 0.0723. The van der Waals surface area contributed by atoms with E-state index in [1.165, 1.54) is 0 Å². The van der Waals surface area contributed by atoms with E-state index in [0.717, 1.165) is 61.3 Å². The Balaban J connectivity index is 0.00000208. The maximum Gasteiger partial charge on any atom is 0.191 e. The molecule has 1 fully saturated rings.